The molecule has 1 saturated heterocycles. The molecule has 114 valence electrons. The van der Waals surface area contributed by atoms with E-state index in [1.807, 2.05) is 0 Å². The van der Waals surface area contributed by atoms with E-state index in [4.69, 9.17) is 5.73 Å². The Kier molecular flexibility index (Phi) is 8.27. The predicted octanol–water partition coefficient (Wildman–Crippen LogP) is 2.24. The molecule has 0 amide bonds. The van der Waals surface area contributed by atoms with E-state index in [1.165, 1.54) is 12.8 Å². The molecular weight excluding hydrogens is 351 g/mol. The Hall–Kier alpha value is -0.0400. The minimum Gasteiger partial charge on any atom is -0.370 e. The molecule has 0 aliphatic carbocycles. The van der Waals surface area contributed by atoms with Crippen molar-refractivity contribution in [2.24, 2.45) is 22.1 Å². The molecule has 0 aromatic rings. The molecule has 19 heavy (non-hydrogen) atoms. The molecule has 1 atom stereocenters. The summed E-state index contributed by atoms with van der Waals surface area (Å²) in [7, 11) is 4.20. The number of likely N-dealkylation sites (tertiary alicyclic amines) is 1. The fourth-order valence-electron chi connectivity index (χ4n) is 2.70. The molecule has 4 nitrogen and oxygen atoms in total. The van der Waals surface area contributed by atoms with Gasteiger partial charge in [0.05, 0.1) is 0 Å². The first-order valence-electron chi connectivity index (χ1n) is 7.00. The summed E-state index contributed by atoms with van der Waals surface area (Å²) in [4.78, 5) is 9.04. The molecule has 0 saturated carbocycles. The third kappa shape index (κ3) is 7.34. The maximum Gasteiger partial charge on any atom is 0.191 e. The van der Waals surface area contributed by atoms with E-state index in [0.29, 0.717) is 0 Å². The lowest BCUT2D eigenvalue weighted by Gasteiger charge is -2.32. The van der Waals surface area contributed by atoms with Crippen molar-refractivity contribution in [3.05, 3.63) is 0 Å². The van der Waals surface area contributed by atoms with Gasteiger partial charge in [0.15, 0.2) is 5.96 Å². The first-order chi connectivity index (χ1) is 8.30. The Labute approximate surface area is 135 Å². The topological polar surface area (TPSA) is 44.9 Å². The molecule has 1 rings (SSSR count). The second kappa shape index (κ2) is 8.29. The third-order valence-electron chi connectivity index (χ3n) is 3.39. The lowest BCUT2D eigenvalue weighted by Crippen LogP contribution is -2.44. The Morgan fingerprint density at radius 2 is 2.05 bits per heavy atom. The minimum atomic E-state index is 0. The summed E-state index contributed by atoms with van der Waals surface area (Å²) in [6.07, 6.45) is 2.55. The molecule has 1 aliphatic rings. The van der Waals surface area contributed by atoms with Crippen LogP contribution in [0.3, 0.4) is 0 Å². The van der Waals surface area contributed by atoms with Crippen molar-refractivity contribution in [3.8, 4) is 0 Å². The van der Waals surface area contributed by atoms with Crippen molar-refractivity contribution in [1.29, 1.82) is 0 Å². The Balaban J connectivity index is 0.00000324. The monoisotopic (exact) mass is 382 g/mol. The lowest BCUT2D eigenvalue weighted by molar-refractivity contribution is 0.244. The second-order valence-electron chi connectivity index (χ2n) is 6.77. The van der Waals surface area contributed by atoms with Crippen LogP contribution >= 0.6 is 24.0 Å². The number of halogens is 1. The normalized spacial score (nSPS) is 21.5. The number of aliphatic imine (C=N–C) groups is 1. The number of hydrogen-bond donors (Lipinski definition) is 1. The van der Waals surface area contributed by atoms with E-state index < -0.39 is 0 Å². The molecule has 1 aliphatic heterocycles. The van der Waals surface area contributed by atoms with Crippen molar-refractivity contribution in [2.45, 2.75) is 33.6 Å². The molecule has 1 heterocycles. The van der Waals surface area contributed by atoms with Crippen LogP contribution in [-0.2, 0) is 0 Å². The molecule has 0 aromatic heterocycles. The summed E-state index contributed by atoms with van der Waals surface area (Å²) in [6, 6.07) is 0. The van der Waals surface area contributed by atoms with Gasteiger partial charge in [0.2, 0.25) is 0 Å². The summed E-state index contributed by atoms with van der Waals surface area (Å²) in [6.45, 7) is 10.7. The molecular formula is C14H31IN4. The van der Waals surface area contributed by atoms with Crippen molar-refractivity contribution in [1.82, 2.24) is 9.80 Å². The molecule has 2 N–H and O–H groups in total. The average molecular weight is 382 g/mol. The first-order valence-corrected chi connectivity index (χ1v) is 7.00. The smallest absolute Gasteiger partial charge is 0.191 e. The summed E-state index contributed by atoms with van der Waals surface area (Å²) in [5, 5.41) is 0. The van der Waals surface area contributed by atoms with Crippen LogP contribution in [-0.4, -0.2) is 56.0 Å². The second-order valence-corrected chi connectivity index (χ2v) is 6.77. The summed E-state index contributed by atoms with van der Waals surface area (Å²) in [5.74, 6) is 1.47. The molecule has 1 unspecified atom stereocenters. The van der Waals surface area contributed by atoms with Crippen LogP contribution in [0.5, 0.6) is 0 Å². The highest BCUT2D eigenvalue weighted by atomic mass is 127. The quantitative estimate of drug-likeness (QED) is 0.461. The van der Waals surface area contributed by atoms with Gasteiger partial charge in [0.1, 0.15) is 0 Å². The minimum absolute atomic E-state index is 0. The molecule has 5 heteroatoms. The largest absolute Gasteiger partial charge is 0.370 e. The van der Waals surface area contributed by atoms with Crippen LogP contribution < -0.4 is 5.73 Å². The number of nitrogens with two attached hydrogens (primary N) is 1. The molecule has 0 radical (unpaired) electrons. The van der Waals surface area contributed by atoms with E-state index >= 15 is 0 Å². The Morgan fingerprint density at radius 1 is 1.42 bits per heavy atom. The molecule has 0 aromatic carbocycles. The van der Waals surface area contributed by atoms with Gasteiger partial charge in [-0.25, -0.2) is 0 Å². The standard InChI is InChI=1S/C14H30N4.HI/c1-12-7-6-8-18(9-12)13(15)16-10-14(2,3)11-17(4)5;/h12H,6-11H2,1-5H3,(H2,15,16);1H. The summed E-state index contributed by atoms with van der Waals surface area (Å²) < 4.78 is 0. The molecule has 0 spiro atoms. The number of piperidine rings is 1. The highest BCUT2D eigenvalue weighted by molar-refractivity contribution is 14.0. The van der Waals surface area contributed by atoms with E-state index in [-0.39, 0.29) is 29.4 Å². The Morgan fingerprint density at radius 3 is 2.58 bits per heavy atom. The lowest BCUT2D eigenvalue weighted by atomic mass is 9.93. The van der Waals surface area contributed by atoms with Gasteiger partial charge in [0.25, 0.3) is 0 Å². The van der Waals surface area contributed by atoms with Crippen LogP contribution in [0.25, 0.3) is 0 Å². The predicted molar refractivity (Wildman–Crippen MR) is 94.2 cm³/mol. The highest BCUT2D eigenvalue weighted by Gasteiger charge is 2.21. The van der Waals surface area contributed by atoms with Crippen LogP contribution in [0.15, 0.2) is 4.99 Å². The highest BCUT2D eigenvalue weighted by Crippen LogP contribution is 2.18. The number of hydrogen-bond acceptors (Lipinski definition) is 2. The number of rotatable bonds is 4. The van der Waals surface area contributed by atoms with Gasteiger partial charge in [-0.2, -0.15) is 0 Å². The van der Waals surface area contributed by atoms with Crippen LogP contribution in [0, 0.1) is 11.3 Å². The van der Waals surface area contributed by atoms with Crippen molar-refractivity contribution < 1.29 is 0 Å². The van der Waals surface area contributed by atoms with Crippen LogP contribution in [0.1, 0.15) is 33.6 Å². The van der Waals surface area contributed by atoms with E-state index in [1.54, 1.807) is 0 Å². The van der Waals surface area contributed by atoms with E-state index in [9.17, 15) is 0 Å². The summed E-state index contributed by atoms with van der Waals surface area (Å²) >= 11 is 0. The van der Waals surface area contributed by atoms with E-state index in [0.717, 1.165) is 38.1 Å². The van der Waals surface area contributed by atoms with Crippen LogP contribution in [0.4, 0.5) is 0 Å². The van der Waals surface area contributed by atoms with E-state index in [2.05, 4.69) is 49.7 Å². The fraction of sp³-hybridized carbons (Fsp3) is 0.929. The first kappa shape index (κ1) is 19.0. The number of nitrogens with zero attached hydrogens (tertiary/aromatic N) is 3. The van der Waals surface area contributed by atoms with Crippen molar-refractivity contribution in [2.75, 3.05) is 40.3 Å². The van der Waals surface area contributed by atoms with Gasteiger partial charge in [-0.1, -0.05) is 20.8 Å². The molecule has 0 bridgehead atoms. The Bertz CT molecular complexity index is 289. The van der Waals surface area contributed by atoms with Crippen molar-refractivity contribution >= 4 is 29.9 Å². The fourth-order valence-corrected chi connectivity index (χ4v) is 2.70. The third-order valence-corrected chi connectivity index (χ3v) is 3.39. The zero-order chi connectivity index (χ0) is 13.8. The van der Waals surface area contributed by atoms with Crippen LogP contribution in [0.2, 0.25) is 0 Å². The van der Waals surface area contributed by atoms with Gasteiger partial charge in [0, 0.05) is 26.2 Å². The van der Waals surface area contributed by atoms with Gasteiger partial charge in [-0.15, -0.1) is 24.0 Å². The SMILES string of the molecule is CC1CCCN(C(N)=NCC(C)(C)CN(C)C)C1.I. The van der Waals surface area contributed by atoms with Gasteiger partial charge in [-0.3, -0.25) is 4.99 Å². The zero-order valence-corrected chi connectivity index (χ0v) is 15.5. The molecule has 1 fully saturated rings. The zero-order valence-electron chi connectivity index (χ0n) is 13.1. The average Bonchev–Trinajstić information content (AvgIpc) is 2.24. The maximum absolute atomic E-state index is 6.11. The van der Waals surface area contributed by atoms with Gasteiger partial charge >= 0.3 is 0 Å². The van der Waals surface area contributed by atoms with Crippen molar-refractivity contribution in [3.63, 3.8) is 0 Å². The summed E-state index contributed by atoms with van der Waals surface area (Å²) in [5.41, 5.74) is 6.29. The van der Waals surface area contributed by atoms with Gasteiger partial charge < -0.3 is 15.5 Å². The van der Waals surface area contributed by atoms with Gasteiger partial charge in [-0.05, 0) is 38.3 Å². The maximum atomic E-state index is 6.11. The number of guanidine groups is 1.